The molecule has 0 aliphatic carbocycles. The van der Waals surface area contributed by atoms with Crippen LogP contribution in [0.1, 0.15) is 0 Å². The lowest BCUT2D eigenvalue weighted by atomic mass is 10.3. The molecular weight excluding hydrogens is 316 g/mol. The van der Waals surface area contributed by atoms with Gasteiger partial charge >= 0.3 is 0 Å². The van der Waals surface area contributed by atoms with E-state index in [9.17, 15) is 0 Å². The van der Waals surface area contributed by atoms with Crippen molar-refractivity contribution in [3.05, 3.63) is 91.0 Å². The molecule has 0 heterocycles. The van der Waals surface area contributed by atoms with Crippen LogP contribution in [0.4, 0.5) is 0 Å². The highest BCUT2D eigenvalue weighted by Gasteiger charge is 2.30. The maximum absolute atomic E-state index is 6.14. The van der Waals surface area contributed by atoms with Gasteiger partial charge in [-0.25, -0.2) is 0 Å². The molecule has 0 saturated carbocycles. The van der Waals surface area contributed by atoms with Gasteiger partial charge in [-0.1, -0.05) is 54.6 Å². The summed E-state index contributed by atoms with van der Waals surface area (Å²) in [6.07, 6.45) is 0. The third-order valence-electron chi connectivity index (χ3n) is 3.40. The lowest BCUT2D eigenvalue weighted by Gasteiger charge is -2.31. The molecule has 0 unspecified atom stereocenters. The van der Waals surface area contributed by atoms with Crippen molar-refractivity contribution in [2.45, 2.75) is 5.41 Å². The first-order valence-electron chi connectivity index (χ1n) is 7.89. The quantitative estimate of drug-likeness (QED) is 0.490. The Kier molecular flexibility index (Phi) is 5.18. The van der Waals surface area contributed by atoms with Crippen molar-refractivity contribution in [3.8, 4) is 17.2 Å². The van der Waals surface area contributed by atoms with Crippen LogP contribution < -0.4 is 14.2 Å². The Bertz CT molecular complexity index is 691. The topological polar surface area (TPSA) is 27.7 Å². The minimum atomic E-state index is -0.821. The van der Waals surface area contributed by atoms with Gasteiger partial charge in [0.05, 0.1) is 0 Å². The predicted molar refractivity (Wildman–Crippen MR) is 98.7 cm³/mol. The molecule has 0 fully saturated rings. The predicted octanol–water partition coefficient (Wildman–Crippen LogP) is 3.24. The maximum atomic E-state index is 6.14. The molecule has 3 rings (SSSR count). The van der Waals surface area contributed by atoms with Crippen molar-refractivity contribution < 1.29 is 14.2 Å². The monoisotopic (exact) mass is 336 g/mol. The van der Waals surface area contributed by atoms with Gasteiger partial charge in [0.2, 0.25) is 0 Å². The molecule has 0 N–H and O–H groups in total. The zero-order valence-corrected chi connectivity index (χ0v) is 15.6. The van der Waals surface area contributed by atoms with Gasteiger partial charge in [-0.15, -0.1) is 0 Å². The molecule has 0 aliphatic rings. The van der Waals surface area contributed by atoms with Crippen LogP contribution in [-0.4, -0.2) is 22.3 Å². The molecule has 24 heavy (non-hydrogen) atoms. The molecule has 0 saturated heterocycles. The minimum Gasteiger partial charge on any atom is -0.486 e. The van der Waals surface area contributed by atoms with Gasteiger partial charge in [0.15, 0.2) is 6.61 Å². The smallest absolute Gasteiger partial charge is 0.251 e. The number of benzene rings is 3. The summed E-state index contributed by atoms with van der Waals surface area (Å²) in [6.45, 7) is 0.313. The van der Waals surface area contributed by atoms with E-state index in [0.717, 1.165) is 17.2 Å². The first-order valence-corrected chi connectivity index (χ1v) is 8.89. The summed E-state index contributed by atoms with van der Waals surface area (Å²) in [6, 6.07) is 29.1. The first kappa shape index (κ1) is 16.1. The summed E-state index contributed by atoms with van der Waals surface area (Å²) in [5.74, 6) is 2.33. The number of para-hydroxylation sites is 3. The van der Waals surface area contributed by atoms with Crippen molar-refractivity contribution in [2.75, 3.05) is 6.61 Å². The Labute approximate surface area is 145 Å². The first-order chi connectivity index (χ1) is 11.7. The SMILES string of the molecule is [SiH3]C(COc1ccccc1)(Oc1ccccc1)Oc1ccccc1. The maximum Gasteiger partial charge on any atom is 0.251 e. The third-order valence-corrected chi connectivity index (χ3v) is 4.10. The summed E-state index contributed by atoms with van der Waals surface area (Å²) >= 11 is 0. The normalized spacial score (nSPS) is 11.0. The number of hydrogen-bond acceptors (Lipinski definition) is 3. The second kappa shape index (κ2) is 7.70. The molecule has 122 valence electrons. The Balaban J connectivity index is 1.76. The lowest BCUT2D eigenvalue weighted by molar-refractivity contribution is -0.0684. The standard InChI is InChI=1S/C20H20O3Si/c24-20(22-18-12-6-2-7-13-18,23-19-14-8-3-9-15-19)16-21-17-10-4-1-5-11-17/h1-15H,16H2,24H3. The fourth-order valence-corrected chi connectivity index (χ4v) is 2.90. The minimum absolute atomic E-state index is 0.313. The Morgan fingerprint density at radius 1 is 0.583 bits per heavy atom. The van der Waals surface area contributed by atoms with Crippen LogP contribution in [0.3, 0.4) is 0 Å². The molecule has 4 heteroatoms. The molecule has 3 aromatic carbocycles. The van der Waals surface area contributed by atoms with Crippen LogP contribution in [0.2, 0.25) is 0 Å². The van der Waals surface area contributed by atoms with E-state index in [1.54, 1.807) is 0 Å². The van der Waals surface area contributed by atoms with Gasteiger partial charge in [-0.3, -0.25) is 0 Å². The molecule has 0 spiro atoms. The van der Waals surface area contributed by atoms with Crippen LogP contribution in [0.15, 0.2) is 91.0 Å². The van der Waals surface area contributed by atoms with Gasteiger partial charge < -0.3 is 14.2 Å². The van der Waals surface area contributed by atoms with Crippen molar-refractivity contribution in [1.82, 2.24) is 0 Å². The van der Waals surface area contributed by atoms with Crippen molar-refractivity contribution >= 4 is 10.2 Å². The van der Waals surface area contributed by atoms with Crippen molar-refractivity contribution in [3.63, 3.8) is 0 Å². The molecule has 0 aliphatic heterocycles. The lowest BCUT2D eigenvalue weighted by Crippen LogP contribution is -2.48. The Morgan fingerprint density at radius 3 is 1.38 bits per heavy atom. The van der Waals surface area contributed by atoms with Gasteiger partial charge in [0.1, 0.15) is 27.5 Å². The van der Waals surface area contributed by atoms with Gasteiger partial charge in [0, 0.05) is 0 Å². The van der Waals surface area contributed by atoms with Crippen LogP contribution in [0, 0.1) is 0 Å². The van der Waals surface area contributed by atoms with Crippen molar-refractivity contribution in [1.29, 1.82) is 0 Å². The highest BCUT2D eigenvalue weighted by molar-refractivity contribution is 6.14. The average molecular weight is 336 g/mol. The fraction of sp³-hybridized carbons (Fsp3) is 0.100. The van der Waals surface area contributed by atoms with E-state index in [2.05, 4.69) is 0 Å². The van der Waals surface area contributed by atoms with Gasteiger partial charge in [-0.05, 0) is 36.4 Å². The summed E-state index contributed by atoms with van der Waals surface area (Å²) < 4.78 is 18.2. The number of ether oxygens (including phenoxy) is 3. The summed E-state index contributed by atoms with van der Waals surface area (Å²) in [7, 11) is 0.629. The van der Waals surface area contributed by atoms with E-state index < -0.39 is 5.41 Å². The largest absolute Gasteiger partial charge is 0.486 e. The van der Waals surface area contributed by atoms with Gasteiger partial charge in [0.25, 0.3) is 5.41 Å². The Hall–Kier alpha value is -2.72. The highest BCUT2D eigenvalue weighted by Crippen LogP contribution is 2.22. The fourth-order valence-electron chi connectivity index (χ4n) is 2.29. The highest BCUT2D eigenvalue weighted by atomic mass is 28.1. The molecule has 0 atom stereocenters. The number of rotatable bonds is 7. The van der Waals surface area contributed by atoms with E-state index in [1.807, 2.05) is 91.0 Å². The summed E-state index contributed by atoms with van der Waals surface area (Å²) in [4.78, 5) is 0. The molecule has 0 aromatic heterocycles. The summed E-state index contributed by atoms with van der Waals surface area (Å²) in [5, 5.41) is 0. The Morgan fingerprint density at radius 2 is 0.958 bits per heavy atom. The van der Waals surface area contributed by atoms with Crippen LogP contribution >= 0.6 is 0 Å². The van der Waals surface area contributed by atoms with Gasteiger partial charge in [-0.2, -0.15) is 0 Å². The molecule has 3 nitrogen and oxygen atoms in total. The summed E-state index contributed by atoms with van der Waals surface area (Å²) in [5.41, 5.74) is -0.821. The van der Waals surface area contributed by atoms with Crippen LogP contribution in [0.5, 0.6) is 17.2 Å². The van der Waals surface area contributed by atoms with E-state index in [0.29, 0.717) is 16.8 Å². The van der Waals surface area contributed by atoms with Crippen LogP contribution in [-0.2, 0) is 0 Å². The molecule has 0 radical (unpaired) electrons. The zero-order valence-electron chi connectivity index (χ0n) is 13.6. The van der Waals surface area contributed by atoms with E-state index in [1.165, 1.54) is 0 Å². The van der Waals surface area contributed by atoms with Crippen molar-refractivity contribution in [2.24, 2.45) is 0 Å². The zero-order chi connectivity index (χ0) is 16.7. The second-order valence-corrected chi connectivity index (χ2v) is 7.09. The van der Waals surface area contributed by atoms with E-state index in [4.69, 9.17) is 14.2 Å². The molecule has 0 amide bonds. The molecule has 3 aromatic rings. The average Bonchev–Trinajstić information content (AvgIpc) is 2.63. The molecule has 0 bridgehead atoms. The third kappa shape index (κ3) is 4.63. The van der Waals surface area contributed by atoms with E-state index in [-0.39, 0.29) is 0 Å². The molecular formula is C20H20O3Si. The van der Waals surface area contributed by atoms with E-state index >= 15 is 0 Å². The van der Waals surface area contributed by atoms with Crippen LogP contribution in [0.25, 0.3) is 0 Å². The number of hydrogen-bond donors (Lipinski definition) is 0. The second-order valence-electron chi connectivity index (χ2n) is 5.57.